The smallest absolute Gasteiger partial charge is 0.196 e. The number of carbonyl (C=O) groups is 1. The summed E-state index contributed by atoms with van der Waals surface area (Å²) in [6.07, 6.45) is 23.4. The fourth-order valence-corrected chi connectivity index (χ4v) is 8.07. The molecule has 10 rings (SSSR count). The van der Waals surface area contributed by atoms with Crippen molar-refractivity contribution in [3.8, 4) is 0 Å². The van der Waals surface area contributed by atoms with Crippen molar-refractivity contribution >= 4 is 69.0 Å². The number of aliphatic imine (C=N–C) groups is 1. The van der Waals surface area contributed by atoms with Gasteiger partial charge in [-0.1, -0.05) is 182 Å². The van der Waals surface area contributed by atoms with Crippen molar-refractivity contribution in [2.75, 3.05) is 17.2 Å². The summed E-state index contributed by atoms with van der Waals surface area (Å²) < 4.78 is 0. The zero-order valence-electron chi connectivity index (χ0n) is 42.2. The molecule has 0 radical (unpaired) electrons. The van der Waals surface area contributed by atoms with E-state index in [-0.39, 0.29) is 30.6 Å². The van der Waals surface area contributed by atoms with E-state index in [1.807, 2.05) is 200 Å². The third-order valence-corrected chi connectivity index (χ3v) is 12.0. The molecule has 0 fully saturated rings. The molecular weight excluding hydrogens is 988 g/mol. The standard InChI is InChI=1S/C34H27N3.C19H17N3.C15H12O.2ClH/c35-30-18-12-27(13-19-30)34(28-14-20-31(36)21-15-28)29-16-22-32(23-17-29)37-33(26-9-5-2-6-10-26)24-11-25-7-3-1-4-8-25;20-16-7-1-13(2-8-16)19(14-3-9-17(21)10-4-14)15-5-11-18(22)12-6-15;16-15(14-9-5-2-6-10-14)12-11-13-7-3-1-4-8-13;;/h1-24,35H,36H2;1-12,20H,21-22H2;1-12H;2*1H. The van der Waals surface area contributed by atoms with Gasteiger partial charge in [0.25, 0.3) is 0 Å². The minimum absolute atomic E-state index is 0. The lowest BCUT2D eigenvalue weighted by atomic mass is 9.90. The zero-order chi connectivity index (χ0) is 52.2. The fourth-order valence-electron chi connectivity index (χ4n) is 8.07. The predicted molar refractivity (Wildman–Crippen MR) is 316 cm³/mol. The molecule has 8 aromatic rings. The first-order valence-electron chi connectivity index (χ1n) is 24.5. The second-order valence-electron chi connectivity index (χ2n) is 17.5. The lowest BCUT2D eigenvalue weighted by Gasteiger charge is -2.14. The molecule has 9 heteroatoms. The van der Waals surface area contributed by atoms with E-state index < -0.39 is 0 Å². The van der Waals surface area contributed by atoms with Crippen LogP contribution in [0.15, 0.2) is 295 Å². The van der Waals surface area contributed by atoms with Crippen LogP contribution in [0.3, 0.4) is 0 Å². The van der Waals surface area contributed by atoms with Gasteiger partial charge < -0.3 is 42.0 Å². The number of ketones is 1. The van der Waals surface area contributed by atoms with Gasteiger partial charge in [-0.05, 0) is 141 Å². The van der Waals surface area contributed by atoms with Crippen molar-refractivity contribution in [1.29, 1.82) is 0 Å². The number of hydrogen-bond donors (Lipinski definition) is 5. The van der Waals surface area contributed by atoms with Gasteiger partial charge in [-0.15, -0.1) is 0 Å². The minimum Gasteiger partial charge on any atom is -1.00 e. The number of rotatable bonds is 11. The maximum Gasteiger partial charge on any atom is 0.196 e. The van der Waals surface area contributed by atoms with Crippen LogP contribution in [0.2, 0.25) is 0 Å². The van der Waals surface area contributed by atoms with E-state index in [1.165, 1.54) is 0 Å². The molecule has 77 heavy (non-hydrogen) atoms. The van der Waals surface area contributed by atoms with Crippen LogP contribution in [0.1, 0.15) is 49.3 Å². The number of benzene rings is 8. The minimum atomic E-state index is 0. The zero-order valence-corrected chi connectivity index (χ0v) is 43.7. The van der Waals surface area contributed by atoms with Crippen LogP contribution in [0, 0.1) is 0 Å². The van der Waals surface area contributed by atoms with Crippen LogP contribution in [0.4, 0.5) is 22.7 Å². The number of halogens is 2. The highest BCUT2D eigenvalue weighted by Gasteiger charge is 2.14. The van der Waals surface area contributed by atoms with E-state index >= 15 is 0 Å². The Morgan fingerprint density at radius 3 is 1.03 bits per heavy atom. The summed E-state index contributed by atoms with van der Waals surface area (Å²) >= 11 is 0. The quantitative estimate of drug-likeness (QED) is 0.0481. The summed E-state index contributed by atoms with van der Waals surface area (Å²) in [6, 6.07) is 71.6. The lowest BCUT2D eigenvalue weighted by molar-refractivity contribution is -0.111. The normalized spacial score (nSPS) is 12.4. The van der Waals surface area contributed by atoms with Crippen LogP contribution in [-0.4, -0.2) is 22.9 Å². The average molecular weight is 1050 g/mol. The molecule has 2 aliphatic carbocycles. The van der Waals surface area contributed by atoms with Gasteiger partial charge in [-0.25, -0.2) is 4.99 Å². The van der Waals surface area contributed by atoms with Gasteiger partial charge in [-0.2, -0.15) is 0 Å². The van der Waals surface area contributed by atoms with Crippen molar-refractivity contribution in [2.45, 2.75) is 0 Å². The Balaban J connectivity index is 0.000000204. The van der Waals surface area contributed by atoms with E-state index in [2.05, 4.69) is 85.0 Å². The first-order chi connectivity index (χ1) is 36.6. The largest absolute Gasteiger partial charge is 1.00 e. The van der Waals surface area contributed by atoms with E-state index in [1.54, 1.807) is 6.08 Å². The van der Waals surface area contributed by atoms with E-state index in [0.717, 1.165) is 107 Å². The molecule has 0 aromatic heterocycles. The van der Waals surface area contributed by atoms with E-state index in [4.69, 9.17) is 33.0 Å². The Morgan fingerprint density at radius 1 is 0.351 bits per heavy atom. The van der Waals surface area contributed by atoms with Crippen LogP contribution in [-0.2, 0) is 0 Å². The Labute approximate surface area is 463 Å². The maximum absolute atomic E-state index is 11.7. The molecular formula is C68H58Cl2N6O. The van der Waals surface area contributed by atoms with Crippen molar-refractivity contribution in [1.82, 2.24) is 0 Å². The number of allylic oxidation sites excluding steroid dienone is 12. The Morgan fingerprint density at radius 2 is 0.662 bits per heavy atom. The second kappa shape index (κ2) is 28.7. The molecule has 7 nitrogen and oxygen atoms in total. The summed E-state index contributed by atoms with van der Waals surface area (Å²) in [5.41, 5.74) is 35.8. The van der Waals surface area contributed by atoms with Gasteiger partial charge in [0, 0.05) is 52.5 Å². The van der Waals surface area contributed by atoms with Gasteiger partial charge in [0.05, 0.1) is 11.4 Å². The number of hydrogen-bond acceptors (Lipinski definition) is 5. The maximum atomic E-state index is 11.7. The molecule has 0 saturated heterocycles. The summed E-state index contributed by atoms with van der Waals surface area (Å²) in [5, 5.41) is 11.8. The van der Waals surface area contributed by atoms with E-state index in [0.29, 0.717) is 0 Å². The third kappa shape index (κ3) is 16.7. The van der Waals surface area contributed by atoms with Crippen molar-refractivity contribution in [2.24, 2.45) is 4.99 Å². The molecule has 0 saturated carbocycles. The molecule has 0 aliphatic heterocycles. The highest BCUT2D eigenvalue weighted by Crippen LogP contribution is 2.33. The number of nitrogen functional groups attached to an aromatic ring is 3. The van der Waals surface area contributed by atoms with Crippen LogP contribution in [0.25, 0.3) is 23.3 Å². The topological polar surface area (TPSA) is 159 Å². The average Bonchev–Trinajstić information content (AvgIpc) is 3.46. The molecule has 0 spiro atoms. The van der Waals surface area contributed by atoms with Crippen LogP contribution in [0.5, 0.6) is 0 Å². The van der Waals surface area contributed by atoms with Gasteiger partial charge in [-0.3, -0.25) is 15.6 Å². The van der Waals surface area contributed by atoms with Gasteiger partial charge >= 0.3 is 0 Å². The summed E-state index contributed by atoms with van der Waals surface area (Å²) in [6.45, 7) is 0. The first-order valence-corrected chi connectivity index (χ1v) is 24.5. The Kier molecular flexibility index (Phi) is 21.1. The molecule has 0 atom stereocenters. The summed E-state index contributed by atoms with van der Waals surface area (Å²) in [4.78, 5) is 16.7. The summed E-state index contributed by atoms with van der Waals surface area (Å²) in [5.74, 6) is 0.0319. The molecule has 2 aliphatic rings. The van der Waals surface area contributed by atoms with E-state index in [9.17, 15) is 4.79 Å². The van der Waals surface area contributed by atoms with Crippen molar-refractivity contribution < 1.29 is 40.4 Å². The fraction of sp³-hybridized carbons (Fsp3) is 0. The highest BCUT2D eigenvalue weighted by atomic mass is 35.5. The molecule has 8 aromatic carbocycles. The Bertz CT molecular complexity index is 3460. The van der Waals surface area contributed by atoms with Gasteiger partial charge in [0.15, 0.2) is 17.2 Å². The number of nitrogens with two attached hydrogens (primary N) is 5. The molecule has 0 amide bonds. The third-order valence-electron chi connectivity index (χ3n) is 12.0. The molecule has 10 N–H and O–H groups in total. The Hall–Kier alpha value is -9.66. The first kappa shape index (κ1) is 56.6. The lowest BCUT2D eigenvalue weighted by Crippen LogP contribution is -3.00. The monoisotopic (exact) mass is 1040 g/mol. The molecule has 380 valence electrons. The van der Waals surface area contributed by atoms with Gasteiger partial charge in [0.1, 0.15) is 0 Å². The number of anilines is 3. The number of carbonyl (C=O) groups excluding carboxylic acids is 1. The molecule has 0 heterocycles. The number of nitrogens with zero attached hydrogens (tertiary/aromatic N) is 1. The SMILES string of the molecule is Nc1ccc(C(=C2C=CC(=[NH2+])C=C2)c2ccc(N)cc2)cc1.Nc1ccc(C(=C2C=CC(=[NH2+])C=C2)c2ccc(N=C(C=Cc3ccccc3)c3ccccc3)cc2)cc1.O=C(C=Cc1ccccc1)c1ccccc1.[Cl-].[Cl-]. The second-order valence-corrected chi connectivity index (χ2v) is 17.5. The summed E-state index contributed by atoms with van der Waals surface area (Å²) in [7, 11) is 0. The van der Waals surface area contributed by atoms with Crippen molar-refractivity contribution in [3.63, 3.8) is 0 Å². The highest BCUT2D eigenvalue weighted by molar-refractivity contribution is 6.12. The van der Waals surface area contributed by atoms with Gasteiger partial charge in [0.2, 0.25) is 0 Å². The van der Waals surface area contributed by atoms with Crippen LogP contribution < -0.4 is 52.8 Å². The predicted octanol–water partition coefficient (Wildman–Crippen LogP) is 5.80. The molecule has 0 bridgehead atoms. The van der Waals surface area contributed by atoms with Crippen molar-refractivity contribution in [3.05, 3.63) is 335 Å². The van der Waals surface area contributed by atoms with Crippen LogP contribution >= 0.6 is 0 Å². The molecule has 0 unspecified atom stereocenters.